The van der Waals surface area contributed by atoms with Gasteiger partial charge in [-0.05, 0) is 26.3 Å². The van der Waals surface area contributed by atoms with Gasteiger partial charge < -0.3 is 9.90 Å². The summed E-state index contributed by atoms with van der Waals surface area (Å²) in [7, 11) is 0. The molecule has 11 heavy (non-hydrogen) atoms. The summed E-state index contributed by atoms with van der Waals surface area (Å²) >= 11 is 0. The van der Waals surface area contributed by atoms with E-state index in [1.807, 2.05) is 0 Å². The third-order valence-corrected chi connectivity index (χ3v) is 1.49. The highest BCUT2D eigenvalue weighted by molar-refractivity contribution is 5.75. The van der Waals surface area contributed by atoms with Crippen LogP contribution >= 0.6 is 0 Å². The molecule has 0 saturated heterocycles. The molecule has 66 valence electrons. The summed E-state index contributed by atoms with van der Waals surface area (Å²) < 4.78 is 0. The van der Waals surface area contributed by atoms with Crippen molar-refractivity contribution in [2.45, 2.75) is 32.6 Å². The van der Waals surface area contributed by atoms with Crippen LogP contribution in [0.5, 0.6) is 0 Å². The average molecular weight is 159 g/mol. The second kappa shape index (κ2) is 7.69. The molecule has 0 aliphatic rings. The molecule has 0 aromatic carbocycles. The Kier molecular flexibility index (Phi) is 7.41. The number of nitrogens with one attached hydrogen (secondary N) is 1. The van der Waals surface area contributed by atoms with Gasteiger partial charge in [-0.3, -0.25) is 5.32 Å². The number of unbranched alkanes of at least 4 members (excludes halogenated alkanes) is 2. The highest BCUT2D eigenvalue weighted by Gasteiger charge is 1.92. The fourth-order valence-corrected chi connectivity index (χ4v) is 0.880. The van der Waals surface area contributed by atoms with Crippen LogP contribution in [0.15, 0.2) is 0 Å². The lowest BCUT2D eigenvalue weighted by Gasteiger charge is -1.99. The third kappa shape index (κ3) is 9.59. The summed E-state index contributed by atoms with van der Waals surface area (Å²) in [4.78, 5) is 10.5. The van der Waals surface area contributed by atoms with Crippen LogP contribution in [0.1, 0.15) is 32.6 Å². The SMILES string of the molecule is CC(=O)CCCCCNCO. The Bertz CT molecular complexity index is 104. The van der Waals surface area contributed by atoms with Gasteiger partial charge in [-0.2, -0.15) is 0 Å². The Balaban J connectivity index is 2.85. The molecular formula is C8H17NO2. The van der Waals surface area contributed by atoms with Crippen molar-refractivity contribution >= 4 is 5.78 Å². The van der Waals surface area contributed by atoms with Crippen LogP contribution in [-0.2, 0) is 4.79 Å². The molecule has 0 aliphatic carbocycles. The number of hydrogen-bond donors (Lipinski definition) is 2. The molecule has 3 nitrogen and oxygen atoms in total. The Labute approximate surface area is 67.8 Å². The maximum Gasteiger partial charge on any atom is 0.129 e. The first-order valence-corrected chi connectivity index (χ1v) is 4.08. The summed E-state index contributed by atoms with van der Waals surface area (Å²) in [5.74, 6) is 0.264. The van der Waals surface area contributed by atoms with E-state index in [-0.39, 0.29) is 12.5 Å². The molecular weight excluding hydrogens is 142 g/mol. The van der Waals surface area contributed by atoms with Crippen LogP contribution < -0.4 is 5.32 Å². The quantitative estimate of drug-likeness (QED) is 0.424. The van der Waals surface area contributed by atoms with Crippen LogP contribution in [0, 0.1) is 0 Å². The standard InChI is InChI=1S/C8H17NO2/c1-8(11)5-3-2-4-6-9-7-10/h9-10H,2-7H2,1H3. The second-order valence-electron chi connectivity index (χ2n) is 2.67. The molecule has 0 aliphatic heterocycles. The van der Waals surface area contributed by atoms with Crippen LogP contribution in [0.4, 0.5) is 0 Å². The van der Waals surface area contributed by atoms with Crippen molar-refractivity contribution in [2.24, 2.45) is 0 Å². The zero-order chi connectivity index (χ0) is 8.53. The largest absolute Gasteiger partial charge is 0.381 e. The molecule has 0 saturated carbocycles. The number of ketones is 1. The van der Waals surface area contributed by atoms with E-state index in [0.29, 0.717) is 6.42 Å². The van der Waals surface area contributed by atoms with E-state index in [1.165, 1.54) is 0 Å². The highest BCUT2D eigenvalue weighted by Crippen LogP contribution is 1.98. The predicted octanol–water partition coefficient (Wildman–Crippen LogP) is 0.675. The normalized spacial score (nSPS) is 10.0. The fraction of sp³-hybridized carbons (Fsp3) is 0.875. The van der Waals surface area contributed by atoms with Gasteiger partial charge >= 0.3 is 0 Å². The molecule has 0 unspecified atom stereocenters. The van der Waals surface area contributed by atoms with E-state index in [9.17, 15) is 4.79 Å². The molecule has 0 fully saturated rings. The Hall–Kier alpha value is -0.410. The predicted molar refractivity (Wildman–Crippen MR) is 44.2 cm³/mol. The molecule has 0 aromatic heterocycles. The molecule has 0 rings (SSSR count). The van der Waals surface area contributed by atoms with E-state index >= 15 is 0 Å². The monoisotopic (exact) mass is 159 g/mol. The number of hydrogen-bond acceptors (Lipinski definition) is 3. The maximum atomic E-state index is 10.5. The van der Waals surface area contributed by atoms with Gasteiger partial charge in [0.05, 0.1) is 6.73 Å². The first-order valence-electron chi connectivity index (χ1n) is 4.08. The Morgan fingerprint density at radius 3 is 2.64 bits per heavy atom. The van der Waals surface area contributed by atoms with Crippen LogP contribution in [0.3, 0.4) is 0 Å². The average Bonchev–Trinajstić information content (AvgIpc) is 1.96. The van der Waals surface area contributed by atoms with Crippen LogP contribution in [0.2, 0.25) is 0 Å². The number of carbonyl (C=O) groups is 1. The van der Waals surface area contributed by atoms with Gasteiger partial charge in [0.2, 0.25) is 0 Å². The summed E-state index contributed by atoms with van der Waals surface area (Å²) in [6.45, 7) is 2.51. The van der Waals surface area contributed by atoms with Crippen LogP contribution in [0.25, 0.3) is 0 Å². The van der Waals surface area contributed by atoms with Gasteiger partial charge in [-0.1, -0.05) is 6.42 Å². The van der Waals surface area contributed by atoms with Crippen molar-refractivity contribution in [3.63, 3.8) is 0 Å². The minimum absolute atomic E-state index is 0.0483. The Morgan fingerprint density at radius 2 is 2.09 bits per heavy atom. The van der Waals surface area contributed by atoms with Crippen molar-refractivity contribution < 1.29 is 9.90 Å². The number of aliphatic hydroxyl groups excluding tert-OH is 1. The minimum atomic E-state index is 0.0483. The number of carbonyl (C=O) groups excluding carboxylic acids is 1. The molecule has 0 heterocycles. The van der Waals surface area contributed by atoms with Crippen LogP contribution in [-0.4, -0.2) is 24.2 Å². The molecule has 0 amide bonds. The smallest absolute Gasteiger partial charge is 0.129 e. The van der Waals surface area contributed by atoms with Crippen molar-refractivity contribution in [3.8, 4) is 0 Å². The summed E-state index contributed by atoms with van der Waals surface area (Å²) in [5, 5.41) is 11.2. The van der Waals surface area contributed by atoms with Gasteiger partial charge in [-0.15, -0.1) is 0 Å². The number of Topliss-reactive ketones (excluding diaryl/α,β-unsaturated/α-hetero) is 1. The zero-order valence-electron chi connectivity index (χ0n) is 7.10. The lowest BCUT2D eigenvalue weighted by atomic mass is 10.1. The van der Waals surface area contributed by atoms with E-state index in [4.69, 9.17) is 5.11 Å². The Morgan fingerprint density at radius 1 is 1.36 bits per heavy atom. The van der Waals surface area contributed by atoms with Gasteiger partial charge in [0.25, 0.3) is 0 Å². The molecule has 0 spiro atoms. The van der Waals surface area contributed by atoms with Crippen molar-refractivity contribution in [1.82, 2.24) is 5.32 Å². The van der Waals surface area contributed by atoms with E-state index in [0.717, 1.165) is 25.8 Å². The van der Waals surface area contributed by atoms with E-state index in [2.05, 4.69) is 5.32 Å². The highest BCUT2D eigenvalue weighted by atomic mass is 16.3. The van der Waals surface area contributed by atoms with E-state index in [1.54, 1.807) is 6.92 Å². The minimum Gasteiger partial charge on any atom is -0.381 e. The van der Waals surface area contributed by atoms with Crippen molar-refractivity contribution in [1.29, 1.82) is 0 Å². The molecule has 2 N–H and O–H groups in total. The topological polar surface area (TPSA) is 49.3 Å². The van der Waals surface area contributed by atoms with Gasteiger partial charge in [0.15, 0.2) is 0 Å². The summed E-state index contributed by atoms with van der Waals surface area (Å²) in [6, 6.07) is 0. The molecule has 0 atom stereocenters. The lowest BCUT2D eigenvalue weighted by Crippen LogP contribution is -2.15. The molecule has 0 radical (unpaired) electrons. The van der Waals surface area contributed by atoms with Crippen molar-refractivity contribution in [3.05, 3.63) is 0 Å². The van der Waals surface area contributed by atoms with Gasteiger partial charge in [0.1, 0.15) is 5.78 Å². The molecule has 0 bridgehead atoms. The maximum absolute atomic E-state index is 10.5. The number of rotatable bonds is 7. The molecule has 3 heteroatoms. The van der Waals surface area contributed by atoms with Gasteiger partial charge in [-0.25, -0.2) is 0 Å². The first-order chi connectivity index (χ1) is 5.27. The fourth-order valence-electron chi connectivity index (χ4n) is 0.880. The lowest BCUT2D eigenvalue weighted by molar-refractivity contribution is -0.117. The number of aliphatic hydroxyl groups is 1. The summed E-state index contributed by atoms with van der Waals surface area (Å²) in [6.07, 6.45) is 3.77. The van der Waals surface area contributed by atoms with Gasteiger partial charge in [0, 0.05) is 6.42 Å². The summed E-state index contributed by atoms with van der Waals surface area (Å²) in [5.41, 5.74) is 0. The van der Waals surface area contributed by atoms with E-state index < -0.39 is 0 Å². The first kappa shape index (κ1) is 10.6. The second-order valence-corrected chi connectivity index (χ2v) is 2.67. The third-order valence-electron chi connectivity index (χ3n) is 1.49. The van der Waals surface area contributed by atoms with Crippen molar-refractivity contribution in [2.75, 3.05) is 13.3 Å². The zero-order valence-corrected chi connectivity index (χ0v) is 7.10. The molecule has 0 aromatic rings.